The molecule has 1 aromatic carbocycles. The van der Waals surface area contributed by atoms with E-state index in [1.165, 1.54) is 37.5 Å². The van der Waals surface area contributed by atoms with Crippen molar-refractivity contribution in [2.45, 2.75) is 26.3 Å². The summed E-state index contributed by atoms with van der Waals surface area (Å²) in [6.07, 6.45) is 4.65. The van der Waals surface area contributed by atoms with E-state index in [1.807, 2.05) is 29.8 Å². The molecule has 130 valence electrons. The Morgan fingerprint density at radius 3 is 2.69 bits per heavy atom. The molecule has 1 unspecified atom stereocenters. The minimum absolute atomic E-state index is 0.131. The lowest BCUT2D eigenvalue weighted by molar-refractivity contribution is 0.633. The Hall–Kier alpha value is -2.66. The van der Waals surface area contributed by atoms with E-state index in [1.54, 1.807) is 0 Å². The molecule has 4 heterocycles. The summed E-state index contributed by atoms with van der Waals surface area (Å²) in [4.78, 5) is 17.8. The van der Waals surface area contributed by atoms with Crippen LogP contribution in [0.4, 0.5) is 5.95 Å². The summed E-state index contributed by atoms with van der Waals surface area (Å²) in [6, 6.07) is 12.9. The molecule has 4 aromatic rings. The normalized spacial score (nSPS) is 16.8. The van der Waals surface area contributed by atoms with E-state index in [9.17, 15) is 0 Å². The number of H-pyrrole nitrogens is 1. The number of aromatic nitrogens is 3. The largest absolute Gasteiger partial charge is 0.356 e. The number of aryl methyl sites for hydroxylation is 2. The Bertz CT molecular complexity index is 1060. The van der Waals surface area contributed by atoms with Gasteiger partial charge in [-0.1, -0.05) is 18.2 Å². The SMILES string of the molecule is Cc1cc(C2c3[nH]c4ccccc4c3CCN2c2ncccn2)sc1C. The molecule has 0 spiro atoms. The molecule has 26 heavy (non-hydrogen) atoms. The first-order valence-electron chi connectivity index (χ1n) is 8.92. The second-order valence-electron chi connectivity index (χ2n) is 6.85. The standard InChI is InChI=1S/C21H20N4S/c1-13-12-18(26-14(13)2)20-19-16(15-6-3-4-7-17(15)24-19)8-11-25(20)21-22-9-5-10-23-21/h3-7,9-10,12,20,24H,8,11H2,1-2H3. The fraction of sp³-hybridized carbons (Fsp3) is 0.238. The first kappa shape index (κ1) is 15.6. The van der Waals surface area contributed by atoms with Crippen LogP contribution in [0.25, 0.3) is 10.9 Å². The number of rotatable bonds is 2. The third-order valence-corrected chi connectivity index (χ3v) is 6.50. The van der Waals surface area contributed by atoms with Gasteiger partial charge in [0.25, 0.3) is 0 Å². The van der Waals surface area contributed by atoms with Crippen molar-refractivity contribution in [2.75, 3.05) is 11.4 Å². The number of hydrogen-bond donors (Lipinski definition) is 1. The molecule has 0 radical (unpaired) electrons. The average Bonchev–Trinajstić information content (AvgIpc) is 3.21. The van der Waals surface area contributed by atoms with Crippen molar-refractivity contribution in [3.8, 4) is 0 Å². The van der Waals surface area contributed by atoms with Gasteiger partial charge in [0.2, 0.25) is 5.95 Å². The van der Waals surface area contributed by atoms with Gasteiger partial charge in [-0.2, -0.15) is 0 Å². The maximum Gasteiger partial charge on any atom is 0.226 e. The fourth-order valence-electron chi connectivity index (χ4n) is 3.93. The molecule has 1 N–H and O–H groups in total. The molecule has 0 saturated carbocycles. The van der Waals surface area contributed by atoms with E-state index in [0.29, 0.717) is 0 Å². The van der Waals surface area contributed by atoms with Crippen molar-refractivity contribution >= 4 is 28.2 Å². The zero-order chi connectivity index (χ0) is 17.7. The summed E-state index contributed by atoms with van der Waals surface area (Å²) >= 11 is 1.88. The van der Waals surface area contributed by atoms with Crippen molar-refractivity contribution in [3.63, 3.8) is 0 Å². The zero-order valence-electron chi connectivity index (χ0n) is 14.9. The Morgan fingerprint density at radius 2 is 1.92 bits per heavy atom. The Balaban J connectivity index is 1.73. The number of hydrogen-bond acceptors (Lipinski definition) is 4. The van der Waals surface area contributed by atoms with E-state index < -0.39 is 0 Å². The topological polar surface area (TPSA) is 44.8 Å². The first-order chi connectivity index (χ1) is 12.7. The van der Waals surface area contributed by atoms with Crippen LogP contribution in [-0.2, 0) is 6.42 Å². The molecule has 5 rings (SSSR count). The minimum atomic E-state index is 0.131. The van der Waals surface area contributed by atoms with E-state index in [0.717, 1.165) is 18.9 Å². The maximum absolute atomic E-state index is 4.54. The number of nitrogens with zero attached hydrogens (tertiary/aromatic N) is 3. The van der Waals surface area contributed by atoms with Crippen LogP contribution in [0.2, 0.25) is 0 Å². The van der Waals surface area contributed by atoms with Crippen LogP contribution in [0.5, 0.6) is 0 Å². The van der Waals surface area contributed by atoms with Crippen molar-refractivity contribution in [3.05, 3.63) is 75.4 Å². The van der Waals surface area contributed by atoms with Crippen LogP contribution in [0.15, 0.2) is 48.8 Å². The Labute approximate surface area is 156 Å². The predicted molar refractivity (Wildman–Crippen MR) is 107 cm³/mol. The van der Waals surface area contributed by atoms with Gasteiger partial charge in [-0.05, 0) is 49.6 Å². The number of thiophene rings is 1. The number of fused-ring (bicyclic) bond motifs is 3. The quantitative estimate of drug-likeness (QED) is 0.559. The van der Waals surface area contributed by atoms with Crippen LogP contribution in [0.1, 0.15) is 32.6 Å². The van der Waals surface area contributed by atoms with Crippen LogP contribution in [0, 0.1) is 13.8 Å². The van der Waals surface area contributed by atoms with E-state index in [-0.39, 0.29) is 6.04 Å². The predicted octanol–water partition coefficient (Wildman–Crippen LogP) is 4.79. The highest BCUT2D eigenvalue weighted by atomic mass is 32.1. The highest BCUT2D eigenvalue weighted by Crippen LogP contribution is 2.42. The Morgan fingerprint density at radius 1 is 1.12 bits per heavy atom. The highest BCUT2D eigenvalue weighted by Gasteiger charge is 2.34. The van der Waals surface area contributed by atoms with Crippen molar-refractivity contribution in [1.29, 1.82) is 0 Å². The molecular formula is C21H20N4S. The van der Waals surface area contributed by atoms with Gasteiger partial charge in [0.1, 0.15) is 6.04 Å². The number of benzene rings is 1. The van der Waals surface area contributed by atoms with Crippen LogP contribution >= 0.6 is 11.3 Å². The average molecular weight is 360 g/mol. The second-order valence-corrected chi connectivity index (χ2v) is 8.13. The molecule has 3 aromatic heterocycles. The molecule has 0 saturated heterocycles. The van der Waals surface area contributed by atoms with Gasteiger partial charge in [-0.15, -0.1) is 11.3 Å². The van der Waals surface area contributed by atoms with E-state index >= 15 is 0 Å². The van der Waals surface area contributed by atoms with Gasteiger partial charge in [0.15, 0.2) is 0 Å². The van der Waals surface area contributed by atoms with Crippen LogP contribution in [0.3, 0.4) is 0 Å². The molecule has 5 heteroatoms. The summed E-state index contributed by atoms with van der Waals surface area (Å²) < 4.78 is 0. The lowest BCUT2D eigenvalue weighted by Crippen LogP contribution is -2.36. The number of nitrogens with one attached hydrogen (secondary N) is 1. The van der Waals surface area contributed by atoms with Gasteiger partial charge < -0.3 is 9.88 Å². The summed E-state index contributed by atoms with van der Waals surface area (Å²) in [5.41, 5.74) is 5.28. The van der Waals surface area contributed by atoms with Crippen LogP contribution < -0.4 is 4.90 Å². The Kier molecular flexibility index (Phi) is 3.57. The van der Waals surface area contributed by atoms with Crippen molar-refractivity contribution < 1.29 is 0 Å². The fourth-order valence-corrected chi connectivity index (χ4v) is 5.09. The minimum Gasteiger partial charge on any atom is -0.356 e. The lowest BCUT2D eigenvalue weighted by Gasteiger charge is -2.35. The lowest BCUT2D eigenvalue weighted by atomic mass is 9.96. The monoisotopic (exact) mass is 360 g/mol. The maximum atomic E-state index is 4.54. The molecule has 0 fully saturated rings. The van der Waals surface area contributed by atoms with Crippen molar-refractivity contribution in [2.24, 2.45) is 0 Å². The van der Waals surface area contributed by atoms with Gasteiger partial charge in [-0.3, -0.25) is 0 Å². The molecular weight excluding hydrogens is 340 g/mol. The van der Waals surface area contributed by atoms with E-state index in [2.05, 4.69) is 64.0 Å². The van der Waals surface area contributed by atoms with Gasteiger partial charge in [0, 0.05) is 45.3 Å². The molecule has 1 aliphatic heterocycles. The third-order valence-electron chi connectivity index (χ3n) is 5.30. The molecule has 1 aliphatic rings. The summed E-state index contributed by atoms with van der Waals surface area (Å²) in [7, 11) is 0. The summed E-state index contributed by atoms with van der Waals surface area (Å²) in [5, 5.41) is 1.34. The molecule has 0 amide bonds. The van der Waals surface area contributed by atoms with Crippen molar-refractivity contribution in [1.82, 2.24) is 15.0 Å². The summed E-state index contributed by atoms with van der Waals surface area (Å²) in [6.45, 7) is 5.30. The third kappa shape index (κ3) is 2.35. The van der Waals surface area contributed by atoms with Gasteiger partial charge in [-0.25, -0.2) is 9.97 Å². The van der Waals surface area contributed by atoms with Gasteiger partial charge in [0.05, 0.1) is 0 Å². The first-order valence-corrected chi connectivity index (χ1v) is 9.74. The van der Waals surface area contributed by atoms with Gasteiger partial charge >= 0.3 is 0 Å². The molecule has 4 nitrogen and oxygen atoms in total. The number of aromatic amines is 1. The summed E-state index contributed by atoms with van der Waals surface area (Å²) in [5.74, 6) is 0.797. The zero-order valence-corrected chi connectivity index (χ0v) is 15.7. The molecule has 1 atom stereocenters. The van der Waals surface area contributed by atoms with E-state index in [4.69, 9.17) is 0 Å². The molecule has 0 aliphatic carbocycles. The molecule has 0 bridgehead atoms. The number of anilines is 1. The van der Waals surface area contributed by atoms with Crippen LogP contribution in [-0.4, -0.2) is 21.5 Å². The smallest absolute Gasteiger partial charge is 0.226 e. The number of para-hydroxylation sites is 1. The highest BCUT2D eigenvalue weighted by molar-refractivity contribution is 7.12. The second kappa shape index (κ2) is 5.95.